The first kappa shape index (κ1) is 18.0. The van der Waals surface area contributed by atoms with Crippen molar-refractivity contribution >= 4 is 0 Å². The van der Waals surface area contributed by atoms with Gasteiger partial charge in [0.15, 0.2) is 0 Å². The molecule has 2 aromatic heterocycles. The maximum Gasteiger partial charge on any atom is 0.330 e. The van der Waals surface area contributed by atoms with E-state index in [0.29, 0.717) is 16.8 Å². The second-order valence-corrected chi connectivity index (χ2v) is 5.38. The number of aromatic nitrogens is 3. The highest BCUT2D eigenvalue weighted by Gasteiger charge is 2.40. The molecule has 1 aromatic carbocycles. The van der Waals surface area contributed by atoms with Crippen LogP contribution in [0.3, 0.4) is 0 Å². The maximum atomic E-state index is 12.8. The lowest BCUT2D eigenvalue weighted by atomic mass is 10.1. The fourth-order valence-corrected chi connectivity index (χ4v) is 2.09. The fraction of sp³-hybridized carbons (Fsp3) is 0.235. The molecule has 136 valence electrons. The van der Waals surface area contributed by atoms with Crippen LogP contribution in [0.15, 0.2) is 53.1 Å². The predicted molar refractivity (Wildman–Crippen MR) is 83.6 cm³/mol. The smallest absolute Gasteiger partial charge is 0.330 e. The molecule has 0 saturated carbocycles. The van der Waals surface area contributed by atoms with E-state index in [4.69, 9.17) is 9.15 Å². The molecule has 0 aliphatic carbocycles. The summed E-state index contributed by atoms with van der Waals surface area (Å²) < 4.78 is 60.2. The van der Waals surface area contributed by atoms with Crippen molar-refractivity contribution < 1.29 is 26.7 Å². The van der Waals surface area contributed by atoms with Gasteiger partial charge < -0.3 is 9.15 Å². The van der Waals surface area contributed by atoms with Crippen LogP contribution in [0.25, 0.3) is 23.0 Å². The van der Waals surface area contributed by atoms with Crippen molar-refractivity contribution in [2.24, 2.45) is 0 Å². The summed E-state index contributed by atoms with van der Waals surface area (Å²) in [4.78, 5) is 4.10. The van der Waals surface area contributed by atoms with Crippen molar-refractivity contribution in [1.82, 2.24) is 15.2 Å². The normalized spacial score (nSPS) is 11.9. The van der Waals surface area contributed by atoms with Crippen LogP contribution in [0.5, 0.6) is 0 Å². The molecule has 0 aliphatic rings. The first-order chi connectivity index (χ1) is 12.5. The van der Waals surface area contributed by atoms with E-state index in [-0.39, 0.29) is 18.4 Å². The Balaban J connectivity index is 1.69. The van der Waals surface area contributed by atoms with Crippen molar-refractivity contribution in [2.45, 2.75) is 19.0 Å². The number of benzene rings is 1. The standard InChI is InChI=1S/C17H13F4N3O2/c18-16(19)17(20,21)10-25-9-11-4-3-5-12(8-11)14-23-24-15(26-14)13-6-1-2-7-22-13/h1-8,16H,9-10H2. The zero-order valence-corrected chi connectivity index (χ0v) is 13.3. The average Bonchev–Trinajstić information content (AvgIpc) is 3.13. The second-order valence-electron chi connectivity index (χ2n) is 5.38. The summed E-state index contributed by atoms with van der Waals surface area (Å²) in [6, 6.07) is 11.8. The first-order valence-corrected chi connectivity index (χ1v) is 7.53. The van der Waals surface area contributed by atoms with Crippen LogP contribution in [0.4, 0.5) is 17.6 Å². The Hall–Kier alpha value is -2.81. The highest BCUT2D eigenvalue weighted by atomic mass is 19.3. The molecule has 3 rings (SSSR count). The SMILES string of the molecule is FC(F)C(F)(F)COCc1cccc(-c2nnc(-c3ccccn3)o2)c1. The summed E-state index contributed by atoms with van der Waals surface area (Å²) in [6.07, 6.45) is -2.18. The zero-order valence-electron chi connectivity index (χ0n) is 13.3. The first-order valence-electron chi connectivity index (χ1n) is 7.53. The molecule has 0 aliphatic heterocycles. The molecule has 2 heterocycles. The summed E-state index contributed by atoms with van der Waals surface area (Å²) in [5.41, 5.74) is 1.56. The number of hydrogen-bond acceptors (Lipinski definition) is 5. The Labute approximate surface area is 145 Å². The lowest BCUT2D eigenvalue weighted by Gasteiger charge is -2.15. The van der Waals surface area contributed by atoms with Gasteiger partial charge in [-0.25, -0.2) is 8.78 Å². The van der Waals surface area contributed by atoms with E-state index in [1.807, 2.05) is 0 Å². The zero-order chi connectivity index (χ0) is 18.6. The van der Waals surface area contributed by atoms with Gasteiger partial charge in [0.1, 0.15) is 12.3 Å². The molecule has 9 heteroatoms. The summed E-state index contributed by atoms with van der Waals surface area (Å²) in [5.74, 6) is -3.73. The number of alkyl halides is 4. The minimum Gasteiger partial charge on any atom is -0.415 e. The van der Waals surface area contributed by atoms with Crippen LogP contribution in [0.1, 0.15) is 5.56 Å². The quantitative estimate of drug-likeness (QED) is 0.585. The molecule has 0 bridgehead atoms. The van der Waals surface area contributed by atoms with Gasteiger partial charge in [-0.15, -0.1) is 10.2 Å². The van der Waals surface area contributed by atoms with Crippen molar-refractivity contribution in [1.29, 1.82) is 0 Å². The topological polar surface area (TPSA) is 61.0 Å². The third-order valence-electron chi connectivity index (χ3n) is 3.37. The molecule has 26 heavy (non-hydrogen) atoms. The van der Waals surface area contributed by atoms with Gasteiger partial charge in [-0.3, -0.25) is 4.98 Å². The Morgan fingerprint density at radius 1 is 1.04 bits per heavy atom. The van der Waals surface area contributed by atoms with Crippen molar-refractivity contribution in [3.8, 4) is 23.0 Å². The predicted octanol–water partition coefficient (Wildman–Crippen LogP) is 4.22. The average molecular weight is 367 g/mol. The Bertz CT molecular complexity index is 856. The Morgan fingerprint density at radius 2 is 1.85 bits per heavy atom. The summed E-state index contributed by atoms with van der Waals surface area (Å²) in [6.45, 7) is -1.61. The van der Waals surface area contributed by atoms with Gasteiger partial charge in [-0.05, 0) is 29.8 Å². The van der Waals surface area contributed by atoms with Gasteiger partial charge in [0.25, 0.3) is 5.89 Å². The van der Waals surface area contributed by atoms with Gasteiger partial charge in [-0.1, -0.05) is 18.2 Å². The molecule has 5 nitrogen and oxygen atoms in total. The maximum absolute atomic E-state index is 12.8. The molecule has 3 aromatic rings. The van der Waals surface area contributed by atoms with Gasteiger partial charge in [0.05, 0.1) is 6.61 Å². The third-order valence-corrected chi connectivity index (χ3v) is 3.37. The fourth-order valence-electron chi connectivity index (χ4n) is 2.09. The third kappa shape index (κ3) is 4.23. The number of rotatable bonds is 7. The number of pyridine rings is 1. The monoisotopic (exact) mass is 367 g/mol. The van der Waals surface area contributed by atoms with Gasteiger partial charge in [0, 0.05) is 11.8 Å². The number of ether oxygens (including phenoxy) is 1. The number of hydrogen-bond donors (Lipinski definition) is 0. The lowest BCUT2D eigenvalue weighted by Crippen LogP contribution is -2.32. The number of nitrogens with zero attached hydrogens (tertiary/aromatic N) is 3. The van der Waals surface area contributed by atoms with Crippen molar-refractivity contribution in [3.63, 3.8) is 0 Å². The molecule has 0 unspecified atom stereocenters. The molecule has 0 fully saturated rings. The Morgan fingerprint density at radius 3 is 2.58 bits per heavy atom. The minimum atomic E-state index is -4.18. The van der Waals surface area contributed by atoms with Crippen LogP contribution >= 0.6 is 0 Å². The minimum absolute atomic E-state index is 0.213. The van der Waals surface area contributed by atoms with E-state index in [1.165, 1.54) is 0 Å². The van der Waals surface area contributed by atoms with E-state index in [2.05, 4.69) is 15.2 Å². The van der Waals surface area contributed by atoms with Crippen molar-refractivity contribution in [2.75, 3.05) is 6.61 Å². The molecule has 0 radical (unpaired) electrons. The van der Waals surface area contributed by atoms with E-state index in [9.17, 15) is 17.6 Å². The van der Waals surface area contributed by atoms with E-state index >= 15 is 0 Å². The summed E-state index contributed by atoms with van der Waals surface area (Å²) >= 11 is 0. The molecule has 0 N–H and O–H groups in total. The molecule has 0 amide bonds. The molecular formula is C17H13F4N3O2. The second kappa shape index (κ2) is 7.61. The van der Waals surface area contributed by atoms with E-state index in [0.717, 1.165) is 0 Å². The van der Waals surface area contributed by atoms with E-state index < -0.39 is 19.0 Å². The highest BCUT2D eigenvalue weighted by Crippen LogP contribution is 2.25. The molecular weight excluding hydrogens is 354 g/mol. The lowest BCUT2D eigenvalue weighted by molar-refractivity contribution is -0.168. The van der Waals surface area contributed by atoms with Crippen LogP contribution < -0.4 is 0 Å². The highest BCUT2D eigenvalue weighted by molar-refractivity contribution is 5.56. The van der Waals surface area contributed by atoms with Crippen LogP contribution in [0, 0.1) is 0 Å². The summed E-state index contributed by atoms with van der Waals surface area (Å²) in [7, 11) is 0. The Kier molecular flexibility index (Phi) is 5.27. The summed E-state index contributed by atoms with van der Waals surface area (Å²) in [5, 5.41) is 7.84. The van der Waals surface area contributed by atoms with Gasteiger partial charge in [0.2, 0.25) is 5.89 Å². The molecule has 0 spiro atoms. The van der Waals surface area contributed by atoms with E-state index in [1.54, 1.807) is 48.7 Å². The number of halogens is 4. The van der Waals surface area contributed by atoms with Gasteiger partial charge >= 0.3 is 12.3 Å². The molecule has 0 atom stereocenters. The molecule has 0 saturated heterocycles. The van der Waals surface area contributed by atoms with Crippen LogP contribution in [0.2, 0.25) is 0 Å². The van der Waals surface area contributed by atoms with Gasteiger partial charge in [-0.2, -0.15) is 8.78 Å². The van der Waals surface area contributed by atoms with Crippen LogP contribution in [-0.4, -0.2) is 34.1 Å². The largest absolute Gasteiger partial charge is 0.415 e. The van der Waals surface area contributed by atoms with Crippen LogP contribution in [-0.2, 0) is 11.3 Å². The van der Waals surface area contributed by atoms with Crippen molar-refractivity contribution in [3.05, 3.63) is 54.2 Å².